The van der Waals surface area contributed by atoms with E-state index in [4.69, 9.17) is 4.74 Å². The van der Waals surface area contributed by atoms with Gasteiger partial charge in [0, 0.05) is 11.1 Å². The highest BCUT2D eigenvalue weighted by atomic mass is 16.5. The topological polar surface area (TPSA) is 21.3 Å². The van der Waals surface area contributed by atoms with Crippen LogP contribution in [-0.2, 0) is 0 Å². The first-order valence-corrected chi connectivity index (χ1v) is 6.91. The quantitative estimate of drug-likeness (QED) is 0.806. The Morgan fingerprint density at radius 3 is 2.47 bits per heavy atom. The first-order valence-electron chi connectivity index (χ1n) is 6.91. The molecule has 0 fully saturated rings. The molecule has 0 amide bonds. The average molecular weight is 261 g/mol. The van der Waals surface area contributed by atoms with Gasteiger partial charge in [-0.2, -0.15) is 0 Å². The van der Waals surface area contributed by atoms with E-state index < -0.39 is 0 Å². The van der Waals surface area contributed by atoms with Gasteiger partial charge in [-0.1, -0.05) is 24.3 Å². The number of ether oxygens (including phenoxy) is 1. The molecule has 0 radical (unpaired) electrons. The number of aryl methyl sites for hydroxylation is 1. The Bertz CT molecular complexity index is 441. The van der Waals surface area contributed by atoms with Crippen LogP contribution in [0.4, 0.5) is 0 Å². The fraction of sp³-hybridized carbons (Fsp3) is 0.529. The van der Waals surface area contributed by atoms with Crippen molar-refractivity contribution in [3.05, 3.63) is 34.9 Å². The standard InChI is InChI=1S/C17H27NO/c1-13-10-11-15(16(19-6)14(13)2)9-7-8-12-18-17(3,4)5/h7,9-11,18H,8,12H2,1-6H3/b9-7+. The van der Waals surface area contributed by atoms with Crippen LogP contribution in [0.25, 0.3) is 6.08 Å². The summed E-state index contributed by atoms with van der Waals surface area (Å²) in [7, 11) is 1.74. The molecule has 19 heavy (non-hydrogen) atoms. The van der Waals surface area contributed by atoms with Gasteiger partial charge in [0.15, 0.2) is 0 Å². The fourth-order valence-electron chi connectivity index (χ4n) is 1.95. The van der Waals surface area contributed by atoms with E-state index >= 15 is 0 Å². The molecular weight excluding hydrogens is 234 g/mol. The Kier molecular flexibility index (Phi) is 5.61. The van der Waals surface area contributed by atoms with E-state index in [0.29, 0.717) is 0 Å². The van der Waals surface area contributed by atoms with Crippen LogP contribution < -0.4 is 10.1 Å². The summed E-state index contributed by atoms with van der Waals surface area (Å²) in [5.41, 5.74) is 3.83. The Hall–Kier alpha value is -1.28. The molecule has 0 saturated heterocycles. The molecule has 0 saturated carbocycles. The number of hydrogen-bond acceptors (Lipinski definition) is 2. The van der Waals surface area contributed by atoms with Crippen molar-refractivity contribution < 1.29 is 4.74 Å². The molecular formula is C17H27NO. The second-order valence-electron chi connectivity index (χ2n) is 6.00. The van der Waals surface area contributed by atoms with Crippen molar-refractivity contribution in [2.75, 3.05) is 13.7 Å². The van der Waals surface area contributed by atoms with Crippen LogP contribution >= 0.6 is 0 Å². The SMILES string of the molecule is COc1c(/C=C/CCNC(C)(C)C)ccc(C)c1C. The Balaban J connectivity index is 2.65. The molecule has 1 rings (SSSR count). The molecule has 0 bridgehead atoms. The minimum absolute atomic E-state index is 0.186. The van der Waals surface area contributed by atoms with Crippen LogP contribution in [0.5, 0.6) is 5.75 Å². The van der Waals surface area contributed by atoms with Crippen molar-refractivity contribution in [3.8, 4) is 5.75 Å². The maximum absolute atomic E-state index is 5.50. The van der Waals surface area contributed by atoms with E-state index in [2.05, 4.69) is 64.2 Å². The third kappa shape index (κ3) is 5.07. The van der Waals surface area contributed by atoms with Gasteiger partial charge in [0.2, 0.25) is 0 Å². The molecule has 0 atom stereocenters. The predicted octanol–water partition coefficient (Wildman–Crippen LogP) is 4.10. The molecule has 0 aromatic heterocycles. The summed E-state index contributed by atoms with van der Waals surface area (Å²) >= 11 is 0. The molecule has 1 N–H and O–H groups in total. The van der Waals surface area contributed by atoms with Crippen molar-refractivity contribution in [1.82, 2.24) is 5.32 Å². The maximum atomic E-state index is 5.50. The summed E-state index contributed by atoms with van der Waals surface area (Å²) in [4.78, 5) is 0. The minimum Gasteiger partial charge on any atom is -0.496 e. The molecule has 2 nitrogen and oxygen atoms in total. The summed E-state index contributed by atoms with van der Waals surface area (Å²) in [5, 5.41) is 3.47. The lowest BCUT2D eigenvalue weighted by Gasteiger charge is -2.19. The van der Waals surface area contributed by atoms with E-state index in [9.17, 15) is 0 Å². The van der Waals surface area contributed by atoms with Gasteiger partial charge < -0.3 is 10.1 Å². The van der Waals surface area contributed by atoms with Gasteiger partial charge in [0.1, 0.15) is 5.75 Å². The van der Waals surface area contributed by atoms with Crippen LogP contribution in [0.3, 0.4) is 0 Å². The predicted molar refractivity (Wildman–Crippen MR) is 83.9 cm³/mol. The lowest BCUT2D eigenvalue weighted by atomic mass is 10.0. The summed E-state index contributed by atoms with van der Waals surface area (Å²) in [5.74, 6) is 0.986. The summed E-state index contributed by atoms with van der Waals surface area (Å²) in [6.07, 6.45) is 5.37. The van der Waals surface area contributed by atoms with E-state index in [-0.39, 0.29) is 5.54 Å². The summed E-state index contributed by atoms with van der Waals surface area (Å²) < 4.78 is 5.50. The van der Waals surface area contributed by atoms with Gasteiger partial charge in [-0.05, 0) is 58.7 Å². The summed E-state index contributed by atoms with van der Waals surface area (Å²) in [6, 6.07) is 4.26. The molecule has 1 aromatic carbocycles. The van der Waals surface area contributed by atoms with E-state index in [1.807, 2.05) is 0 Å². The number of hydrogen-bond donors (Lipinski definition) is 1. The van der Waals surface area contributed by atoms with E-state index in [1.165, 1.54) is 11.1 Å². The van der Waals surface area contributed by atoms with Crippen LogP contribution in [0.15, 0.2) is 18.2 Å². The third-order valence-electron chi connectivity index (χ3n) is 3.18. The van der Waals surface area contributed by atoms with Crippen molar-refractivity contribution in [1.29, 1.82) is 0 Å². The lowest BCUT2D eigenvalue weighted by Crippen LogP contribution is -2.36. The maximum Gasteiger partial charge on any atom is 0.129 e. The second kappa shape index (κ2) is 6.76. The number of rotatable bonds is 5. The van der Waals surface area contributed by atoms with Gasteiger partial charge >= 0.3 is 0 Å². The van der Waals surface area contributed by atoms with Gasteiger partial charge in [-0.25, -0.2) is 0 Å². The highest BCUT2D eigenvalue weighted by molar-refractivity contribution is 5.61. The minimum atomic E-state index is 0.186. The third-order valence-corrected chi connectivity index (χ3v) is 3.18. The summed E-state index contributed by atoms with van der Waals surface area (Å²) in [6.45, 7) is 11.8. The van der Waals surface area contributed by atoms with Crippen LogP contribution in [-0.4, -0.2) is 19.2 Å². The zero-order valence-corrected chi connectivity index (χ0v) is 13.1. The van der Waals surface area contributed by atoms with Crippen molar-refractivity contribution in [2.45, 2.75) is 46.6 Å². The molecule has 0 heterocycles. The van der Waals surface area contributed by atoms with Crippen LogP contribution in [0.1, 0.15) is 43.9 Å². The van der Waals surface area contributed by atoms with Crippen LogP contribution in [0, 0.1) is 13.8 Å². The molecule has 2 heteroatoms. The number of methoxy groups -OCH3 is 1. The molecule has 0 aliphatic heterocycles. The Morgan fingerprint density at radius 2 is 1.89 bits per heavy atom. The zero-order valence-electron chi connectivity index (χ0n) is 13.1. The average Bonchev–Trinajstić information content (AvgIpc) is 2.32. The zero-order chi connectivity index (χ0) is 14.5. The fourth-order valence-corrected chi connectivity index (χ4v) is 1.95. The van der Waals surface area contributed by atoms with Crippen LogP contribution in [0.2, 0.25) is 0 Å². The highest BCUT2D eigenvalue weighted by Crippen LogP contribution is 2.27. The highest BCUT2D eigenvalue weighted by Gasteiger charge is 2.07. The number of benzene rings is 1. The Labute approximate surface area is 117 Å². The van der Waals surface area contributed by atoms with Gasteiger partial charge in [0.05, 0.1) is 7.11 Å². The molecule has 0 aliphatic carbocycles. The lowest BCUT2D eigenvalue weighted by molar-refractivity contribution is 0.410. The normalized spacial score (nSPS) is 12.1. The van der Waals surface area contributed by atoms with Crippen molar-refractivity contribution in [2.24, 2.45) is 0 Å². The molecule has 1 aromatic rings. The molecule has 0 unspecified atom stereocenters. The van der Waals surface area contributed by atoms with Gasteiger partial charge in [0.25, 0.3) is 0 Å². The first kappa shape index (κ1) is 15.8. The first-order chi connectivity index (χ1) is 8.85. The second-order valence-corrected chi connectivity index (χ2v) is 6.00. The van der Waals surface area contributed by atoms with Crippen molar-refractivity contribution >= 4 is 6.08 Å². The van der Waals surface area contributed by atoms with Crippen molar-refractivity contribution in [3.63, 3.8) is 0 Å². The van der Waals surface area contributed by atoms with E-state index in [1.54, 1.807) is 7.11 Å². The van der Waals surface area contributed by atoms with Gasteiger partial charge in [-0.15, -0.1) is 0 Å². The molecule has 0 spiro atoms. The molecule has 0 aliphatic rings. The van der Waals surface area contributed by atoms with Gasteiger partial charge in [-0.3, -0.25) is 0 Å². The number of nitrogens with one attached hydrogen (secondary N) is 1. The molecule has 106 valence electrons. The Morgan fingerprint density at radius 1 is 1.21 bits per heavy atom. The monoisotopic (exact) mass is 261 g/mol. The smallest absolute Gasteiger partial charge is 0.129 e. The largest absolute Gasteiger partial charge is 0.496 e. The van der Waals surface area contributed by atoms with E-state index in [0.717, 1.165) is 24.3 Å².